The molecule has 17 heavy (non-hydrogen) atoms. The number of nitrogens with two attached hydrogens (primary N) is 1. The highest BCUT2D eigenvalue weighted by molar-refractivity contribution is 5.38. The number of anilines is 1. The fourth-order valence-electron chi connectivity index (χ4n) is 2.41. The second kappa shape index (κ2) is 5.52. The van der Waals surface area contributed by atoms with Gasteiger partial charge >= 0.3 is 0 Å². The zero-order valence-electron chi connectivity index (χ0n) is 11.0. The third-order valence-electron chi connectivity index (χ3n) is 3.74. The number of nitrogen functional groups attached to an aromatic ring is 1. The molecule has 1 aliphatic rings. The van der Waals surface area contributed by atoms with Gasteiger partial charge in [-0.2, -0.15) is 0 Å². The molecular weight excluding hydrogens is 212 g/mol. The van der Waals surface area contributed by atoms with E-state index in [1.807, 2.05) is 0 Å². The fourth-order valence-corrected chi connectivity index (χ4v) is 2.41. The molecule has 1 aromatic heterocycles. The van der Waals surface area contributed by atoms with Gasteiger partial charge in [0.25, 0.3) is 0 Å². The first kappa shape index (κ1) is 12.4. The quantitative estimate of drug-likeness (QED) is 0.792. The van der Waals surface area contributed by atoms with Gasteiger partial charge in [0.2, 0.25) is 0 Å². The summed E-state index contributed by atoms with van der Waals surface area (Å²) in [6, 6.07) is 0. The highest BCUT2D eigenvalue weighted by Crippen LogP contribution is 2.42. The van der Waals surface area contributed by atoms with E-state index in [2.05, 4.69) is 28.8 Å². The Bertz CT molecular complexity index is 354. The van der Waals surface area contributed by atoms with Crippen LogP contribution in [0.3, 0.4) is 0 Å². The Morgan fingerprint density at radius 3 is 2.76 bits per heavy atom. The highest BCUT2D eigenvalue weighted by atomic mass is 15.4. The van der Waals surface area contributed by atoms with Crippen molar-refractivity contribution in [1.82, 2.24) is 15.0 Å². The Hall–Kier alpha value is -1.06. The molecular formula is C13H24N4. The average Bonchev–Trinajstić information content (AvgIpc) is 3.10. The van der Waals surface area contributed by atoms with Crippen LogP contribution in [0.1, 0.15) is 64.0 Å². The van der Waals surface area contributed by atoms with Gasteiger partial charge in [-0.15, -0.1) is 5.10 Å². The van der Waals surface area contributed by atoms with Crippen LogP contribution in [0.25, 0.3) is 0 Å². The van der Waals surface area contributed by atoms with E-state index in [-0.39, 0.29) is 0 Å². The summed E-state index contributed by atoms with van der Waals surface area (Å²) in [5.41, 5.74) is 7.10. The van der Waals surface area contributed by atoms with E-state index < -0.39 is 0 Å². The first-order valence-corrected chi connectivity index (χ1v) is 6.95. The normalized spacial score (nSPS) is 17.3. The minimum atomic E-state index is 0.633. The van der Waals surface area contributed by atoms with Gasteiger partial charge in [-0.05, 0) is 25.2 Å². The van der Waals surface area contributed by atoms with E-state index in [9.17, 15) is 0 Å². The summed E-state index contributed by atoms with van der Waals surface area (Å²) in [6.07, 6.45) is 7.58. The van der Waals surface area contributed by atoms with E-state index >= 15 is 0 Å². The number of hydrogen-bond donors (Lipinski definition) is 1. The maximum atomic E-state index is 5.91. The summed E-state index contributed by atoms with van der Waals surface area (Å²) >= 11 is 0. The molecule has 1 aliphatic carbocycles. The van der Waals surface area contributed by atoms with E-state index in [1.54, 1.807) is 0 Å². The topological polar surface area (TPSA) is 56.7 Å². The van der Waals surface area contributed by atoms with Crippen molar-refractivity contribution in [2.75, 3.05) is 5.73 Å². The van der Waals surface area contributed by atoms with E-state index in [0.717, 1.165) is 6.54 Å². The lowest BCUT2D eigenvalue weighted by atomic mass is 9.99. The van der Waals surface area contributed by atoms with Crippen LogP contribution < -0.4 is 5.73 Å². The number of hydrogen-bond acceptors (Lipinski definition) is 3. The van der Waals surface area contributed by atoms with E-state index in [0.29, 0.717) is 17.7 Å². The van der Waals surface area contributed by atoms with Gasteiger partial charge in [-0.3, -0.25) is 0 Å². The summed E-state index contributed by atoms with van der Waals surface area (Å²) in [6.45, 7) is 5.50. The molecule has 2 N–H and O–H groups in total. The predicted octanol–water partition coefficient (Wildman–Crippen LogP) is 2.95. The molecule has 1 unspecified atom stereocenters. The van der Waals surface area contributed by atoms with Gasteiger partial charge in [0.1, 0.15) is 0 Å². The van der Waals surface area contributed by atoms with E-state index in [4.69, 9.17) is 5.73 Å². The zero-order chi connectivity index (χ0) is 12.3. The fraction of sp³-hybridized carbons (Fsp3) is 0.846. The number of aromatic nitrogens is 3. The van der Waals surface area contributed by atoms with Crippen LogP contribution in [-0.2, 0) is 6.54 Å². The monoisotopic (exact) mass is 236 g/mol. The Labute approximate surface area is 104 Å². The molecule has 1 atom stereocenters. The second-order valence-electron chi connectivity index (χ2n) is 5.23. The van der Waals surface area contributed by atoms with E-state index in [1.165, 1.54) is 44.2 Å². The smallest absolute Gasteiger partial charge is 0.169 e. The molecule has 2 rings (SSSR count). The lowest BCUT2D eigenvalue weighted by Crippen LogP contribution is -2.14. The molecule has 4 nitrogen and oxygen atoms in total. The van der Waals surface area contributed by atoms with Crippen LogP contribution in [-0.4, -0.2) is 15.0 Å². The van der Waals surface area contributed by atoms with Gasteiger partial charge in [0.15, 0.2) is 5.82 Å². The van der Waals surface area contributed by atoms with Gasteiger partial charge in [-0.25, -0.2) is 4.68 Å². The second-order valence-corrected chi connectivity index (χ2v) is 5.23. The average molecular weight is 236 g/mol. The molecule has 1 heterocycles. The molecule has 0 radical (unpaired) electrons. The van der Waals surface area contributed by atoms with Crippen molar-refractivity contribution < 1.29 is 0 Å². The Balaban J connectivity index is 2.01. The predicted molar refractivity (Wildman–Crippen MR) is 69.7 cm³/mol. The van der Waals surface area contributed by atoms with Crippen LogP contribution in [0, 0.1) is 5.92 Å². The van der Waals surface area contributed by atoms with Crippen molar-refractivity contribution in [1.29, 1.82) is 0 Å². The Morgan fingerprint density at radius 2 is 2.18 bits per heavy atom. The van der Waals surface area contributed by atoms with Gasteiger partial charge in [0, 0.05) is 12.5 Å². The molecule has 1 saturated carbocycles. The van der Waals surface area contributed by atoms with Crippen LogP contribution in [0.15, 0.2) is 0 Å². The summed E-state index contributed by atoms with van der Waals surface area (Å²) in [4.78, 5) is 0. The Kier molecular flexibility index (Phi) is 4.02. The standard InChI is InChI=1S/C13H24N4/c1-3-5-6-10(4-2)9-17-12(11-7-8-11)13(14)15-16-17/h10-11H,3-9,14H2,1-2H3. The molecule has 0 aromatic carbocycles. The van der Waals surface area contributed by atoms with Crippen LogP contribution in [0.4, 0.5) is 5.82 Å². The van der Waals surface area contributed by atoms with Gasteiger partial charge in [-0.1, -0.05) is 38.3 Å². The molecule has 0 aliphatic heterocycles. The first-order chi connectivity index (χ1) is 8.26. The van der Waals surface area contributed by atoms with Crippen LogP contribution in [0.2, 0.25) is 0 Å². The SMILES string of the molecule is CCCCC(CC)Cn1nnc(N)c1C1CC1. The molecule has 4 heteroatoms. The lowest BCUT2D eigenvalue weighted by molar-refractivity contribution is 0.361. The number of rotatable bonds is 7. The summed E-state index contributed by atoms with van der Waals surface area (Å²) in [7, 11) is 0. The maximum Gasteiger partial charge on any atom is 0.169 e. The third-order valence-corrected chi connectivity index (χ3v) is 3.74. The number of nitrogens with zero attached hydrogens (tertiary/aromatic N) is 3. The zero-order valence-corrected chi connectivity index (χ0v) is 11.0. The van der Waals surface area contributed by atoms with Crippen molar-refractivity contribution in [2.45, 2.75) is 64.8 Å². The molecule has 0 amide bonds. The maximum absolute atomic E-state index is 5.91. The molecule has 0 bridgehead atoms. The van der Waals surface area contributed by atoms with Crippen molar-refractivity contribution >= 4 is 5.82 Å². The summed E-state index contributed by atoms with van der Waals surface area (Å²) < 4.78 is 2.07. The largest absolute Gasteiger partial charge is 0.381 e. The Morgan fingerprint density at radius 1 is 1.41 bits per heavy atom. The van der Waals surface area contributed by atoms with Crippen LogP contribution in [0.5, 0.6) is 0 Å². The highest BCUT2D eigenvalue weighted by Gasteiger charge is 2.30. The summed E-state index contributed by atoms with van der Waals surface area (Å²) in [5.74, 6) is 2.00. The third kappa shape index (κ3) is 2.99. The van der Waals surface area contributed by atoms with Crippen molar-refractivity contribution in [3.8, 4) is 0 Å². The summed E-state index contributed by atoms with van der Waals surface area (Å²) in [5, 5.41) is 8.25. The molecule has 0 saturated heterocycles. The molecule has 96 valence electrons. The minimum absolute atomic E-state index is 0.633. The van der Waals surface area contributed by atoms with Gasteiger partial charge < -0.3 is 5.73 Å². The number of unbranched alkanes of at least 4 members (excludes halogenated alkanes) is 1. The molecule has 1 aromatic rings. The molecule has 0 spiro atoms. The van der Waals surface area contributed by atoms with Crippen molar-refractivity contribution in [2.24, 2.45) is 5.92 Å². The lowest BCUT2D eigenvalue weighted by Gasteiger charge is -2.15. The first-order valence-electron chi connectivity index (χ1n) is 6.95. The van der Waals surface area contributed by atoms with Gasteiger partial charge in [0.05, 0.1) is 5.69 Å². The van der Waals surface area contributed by atoms with Crippen molar-refractivity contribution in [3.63, 3.8) is 0 Å². The van der Waals surface area contributed by atoms with Crippen LogP contribution >= 0.6 is 0 Å². The minimum Gasteiger partial charge on any atom is -0.381 e. The molecule has 1 fully saturated rings. The van der Waals surface area contributed by atoms with Crippen molar-refractivity contribution in [3.05, 3.63) is 5.69 Å².